The van der Waals surface area contributed by atoms with Gasteiger partial charge < -0.3 is 5.11 Å². The van der Waals surface area contributed by atoms with E-state index < -0.39 is 23.6 Å². The monoisotopic (exact) mass is 350 g/mol. The number of aliphatic hydroxyl groups excluding tert-OH is 1. The van der Waals surface area contributed by atoms with Crippen molar-refractivity contribution < 1.29 is 18.3 Å². The number of hydrogen-bond acceptors (Lipinski definition) is 1. The first-order valence-electron chi connectivity index (χ1n) is 5.17. The summed E-state index contributed by atoms with van der Waals surface area (Å²) in [6, 6.07) is 5.43. The van der Waals surface area contributed by atoms with Gasteiger partial charge in [-0.05, 0) is 45.8 Å². The van der Waals surface area contributed by atoms with E-state index >= 15 is 0 Å². The average Bonchev–Trinajstić information content (AvgIpc) is 2.36. The fraction of sp³-hybridized carbons (Fsp3) is 0.0769. The minimum Gasteiger partial charge on any atom is -0.384 e. The van der Waals surface area contributed by atoms with E-state index in [4.69, 9.17) is 11.6 Å². The lowest BCUT2D eigenvalue weighted by Crippen LogP contribution is -2.03. The van der Waals surface area contributed by atoms with Crippen LogP contribution in [0.1, 0.15) is 17.2 Å². The highest BCUT2D eigenvalue weighted by atomic mass is 79.9. The first-order valence-corrected chi connectivity index (χ1v) is 6.34. The molecule has 2 aromatic carbocycles. The summed E-state index contributed by atoms with van der Waals surface area (Å²) in [7, 11) is 0. The molecule has 0 saturated heterocycles. The summed E-state index contributed by atoms with van der Waals surface area (Å²) < 4.78 is 39.4. The second kappa shape index (κ2) is 5.53. The molecule has 0 aromatic heterocycles. The van der Waals surface area contributed by atoms with E-state index in [1.165, 1.54) is 12.1 Å². The van der Waals surface area contributed by atoms with Gasteiger partial charge in [0.25, 0.3) is 0 Å². The van der Waals surface area contributed by atoms with Crippen molar-refractivity contribution in [2.75, 3.05) is 0 Å². The molecule has 0 amide bonds. The molecule has 0 spiro atoms. The van der Waals surface area contributed by atoms with E-state index in [0.717, 1.165) is 18.2 Å². The molecule has 0 heterocycles. The second-order valence-electron chi connectivity index (χ2n) is 3.86. The standard InChI is InChI=1S/C13H7BrClF3O/c14-8-3-6(1-2-10(8)16)13(19)7-4-11(17)12(18)5-9(7)15/h1-5,13,19H. The predicted octanol–water partition coefficient (Wildman–Crippen LogP) is 4.60. The van der Waals surface area contributed by atoms with Crippen LogP contribution in [0.25, 0.3) is 0 Å². The van der Waals surface area contributed by atoms with Crippen LogP contribution in [-0.4, -0.2) is 5.11 Å². The summed E-state index contributed by atoms with van der Waals surface area (Å²) in [4.78, 5) is 0. The van der Waals surface area contributed by atoms with Crippen LogP contribution >= 0.6 is 27.5 Å². The van der Waals surface area contributed by atoms with Crippen LogP contribution in [0.4, 0.5) is 13.2 Å². The molecule has 100 valence electrons. The van der Waals surface area contributed by atoms with Crippen LogP contribution in [-0.2, 0) is 0 Å². The van der Waals surface area contributed by atoms with Gasteiger partial charge in [0.15, 0.2) is 11.6 Å². The first-order chi connectivity index (χ1) is 8.90. The fourth-order valence-electron chi connectivity index (χ4n) is 1.61. The molecule has 0 saturated carbocycles. The number of aliphatic hydroxyl groups is 1. The molecule has 2 aromatic rings. The van der Waals surface area contributed by atoms with Gasteiger partial charge in [-0.25, -0.2) is 13.2 Å². The maximum absolute atomic E-state index is 13.2. The SMILES string of the molecule is OC(c1ccc(F)c(Br)c1)c1cc(F)c(F)cc1Cl. The Balaban J connectivity index is 2.46. The largest absolute Gasteiger partial charge is 0.384 e. The molecule has 0 bridgehead atoms. The topological polar surface area (TPSA) is 20.2 Å². The van der Waals surface area contributed by atoms with Crippen LogP contribution < -0.4 is 0 Å². The molecule has 1 unspecified atom stereocenters. The molecule has 0 aliphatic rings. The Bertz CT molecular complexity index is 634. The quantitative estimate of drug-likeness (QED) is 0.784. The summed E-state index contributed by atoms with van der Waals surface area (Å²) in [5.74, 6) is -2.70. The summed E-state index contributed by atoms with van der Waals surface area (Å²) in [5, 5.41) is 9.98. The zero-order chi connectivity index (χ0) is 14.2. The van der Waals surface area contributed by atoms with Crippen molar-refractivity contribution in [1.29, 1.82) is 0 Å². The van der Waals surface area contributed by atoms with Gasteiger partial charge in [0.05, 0.1) is 4.47 Å². The number of hydrogen-bond donors (Lipinski definition) is 1. The molecular weight excluding hydrogens is 344 g/mol. The van der Waals surface area contributed by atoms with Crippen molar-refractivity contribution in [2.45, 2.75) is 6.10 Å². The summed E-state index contributed by atoms with van der Waals surface area (Å²) >= 11 is 8.74. The zero-order valence-electron chi connectivity index (χ0n) is 9.30. The Hall–Kier alpha value is -1.04. The zero-order valence-corrected chi connectivity index (χ0v) is 11.6. The van der Waals surface area contributed by atoms with Gasteiger partial charge in [0, 0.05) is 10.6 Å². The van der Waals surface area contributed by atoms with Crippen LogP contribution in [0.5, 0.6) is 0 Å². The summed E-state index contributed by atoms with van der Waals surface area (Å²) in [5.41, 5.74) is 0.320. The minimum absolute atomic E-state index is 0.0130. The Morgan fingerprint density at radius 3 is 2.26 bits per heavy atom. The van der Waals surface area contributed by atoms with E-state index in [9.17, 15) is 18.3 Å². The molecule has 2 rings (SSSR count). The van der Waals surface area contributed by atoms with Crippen molar-refractivity contribution in [2.24, 2.45) is 0 Å². The highest BCUT2D eigenvalue weighted by Crippen LogP contribution is 2.31. The number of benzene rings is 2. The van der Waals surface area contributed by atoms with Crippen LogP contribution in [0, 0.1) is 17.5 Å². The van der Waals surface area contributed by atoms with Crippen LogP contribution in [0.2, 0.25) is 5.02 Å². The third kappa shape index (κ3) is 2.94. The van der Waals surface area contributed by atoms with Gasteiger partial charge >= 0.3 is 0 Å². The third-order valence-corrected chi connectivity index (χ3v) is 3.53. The van der Waals surface area contributed by atoms with Crippen molar-refractivity contribution in [1.82, 2.24) is 0 Å². The highest BCUT2D eigenvalue weighted by molar-refractivity contribution is 9.10. The molecule has 0 aliphatic carbocycles. The smallest absolute Gasteiger partial charge is 0.160 e. The lowest BCUT2D eigenvalue weighted by Gasteiger charge is -2.14. The molecule has 0 aliphatic heterocycles. The van der Waals surface area contributed by atoms with Crippen LogP contribution in [0.3, 0.4) is 0 Å². The molecule has 0 fully saturated rings. The first kappa shape index (κ1) is 14.4. The lowest BCUT2D eigenvalue weighted by molar-refractivity contribution is 0.219. The maximum atomic E-state index is 13.2. The Morgan fingerprint density at radius 1 is 1.00 bits per heavy atom. The van der Waals surface area contributed by atoms with E-state index in [0.29, 0.717) is 5.56 Å². The average molecular weight is 352 g/mol. The Kier molecular flexibility index (Phi) is 4.18. The van der Waals surface area contributed by atoms with Gasteiger partial charge in [0.2, 0.25) is 0 Å². The van der Waals surface area contributed by atoms with Gasteiger partial charge in [-0.2, -0.15) is 0 Å². The third-order valence-electron chi connectivity index (χ3n) is 2.59. The molecular formula is C13H7BrClF3O. The van der Waals surface area contributed by atoms with E-state index in [1.54, 1.807) is 0 Å². The predicted molar refractivity (Wildman–Crippen MR) is 69.5 cm³/mol. The van der Waals surface area contributed by atoms with Gasteiger partial charge in [-0.3, -0.25) is 0 Å². The van der Waals surface area contributed by atoms with Crippen LogP contribution in [0.15, 0.2) is 34.8 Å². The van der Waals surface area contributed by atoms with Gasteiger partial charge in [0.1, 0.15) is 11.9 Å². The number of halogens is 5. The lowest BCUT2D eigenvalue weighted by atomic mass is 10.0. The summed E-state index contributed by atoms with van der Waals surface area (Å²) in [6.45, 7) is 0. The molecule has 1 N–H and O–H groups in total. The van der Waals surface area contributed by atoms with Gasteiger partial charge in [-0.1, -0.05) is 17.7 Å². The van der Waals surface area contributed by atoms with E-state index in [1.807, 2.05) is 0 Å². The normalized spacial score (nSPS) is 12.5. The highest BCUT2D eigenvalue weighted by Gasteiger charge is 2.18. The van der Waals surface area contributed by atoms with Gasteiger partial charge in [-0.15, -0.1) is 0 Å². The van der Waals surface area contributed by atoms with Crippen molar-refractivity contribution in [3.63, 3.8) is 0 Å². The van der Waals surface area contributed by atoms with Crippen molar-refractivity contribution in [3.8, 4) is 0 Å². The molecule has 6 heteroatoms. The molecule has 1 nitrogen and oxygen atoms in total. The molecule has 1 atom stereocenters. The maximum Gasteiger partial charge on any atom is 0.160 e. The fourth-order valence-corrected chi connectivity index (χ4v) is 2.26. The van der Waals surface area contributed by atoms with E-state index in [-0.39, 0.29) is 15.1 Å². The van der Waals surface area contributed by atoms with Crippen molar-refractivity contribution in [3.05, 3.63) is 68.4 Å². The molecule has 19 heavy (non-hydrogen) atoms. The van der Waals surface area contributed by atoms with E-state index in [2.05, 4.69) is 15.9 Å². The Morgan fingerprint density at radius 2 is 1.63 bits per heavy atom. The Labute approximate surface area is 120 Å². The minimum atomic E-state index is -1.28. The summed E-state index contributed by atoms with van der Waals surface area (Å²) in [6.07, 6.45) is -1.28. The number of rotatable bonds is 2. The van der Waals surface area contributed by atoms with Crippen molar-refractivity contribution >= 4 is 27.5 Å². The molecule has 0 radical (unpaired) electrons. The second-order valence-corrected chi connectivity index (χ2v) is 5.13.